The van der Waals surface area contributed by atoms with Gasteiger partial charge in [-0.15, -0.1) is 0 Å². The van der Waals surface area contributed by atoms with E-state index in [-0.39, 0.29) is 16.2 Å². The van der Waals surface area contributed by atoms with E-state index in [2.05, 4.69) is 14.8 Å². The van der Waals surface area contributed by atoms with Gasteiger partial charge in [0.2, 0.25) is 14.8 Å². The Morgan fingerprint density at radius 3 is 2.29 bits per heavy atom. The molecule has 35 heavy (non-hydrogen) atoms. The fraction of sp³-hybridized carbons (Fsp3) is 0.348. The Hall–Kier alpha value is -2.83. The number of hydrogen-bond acceptors (Lipinski definition) is 5. The highest BCUT2D eigenvalue weighted by molar-refractivity contribution is 7.89. The van der Waals surface area contributed by atoms with E-state index in [4.69, 9.17) is 0 Å². The predicted molar refractivity (Wildman–Crippen MR) is 127 cm³/mol. The Labute approximate surface area is 205 Å². The number of sulfonamides is 1. The van der Waals surface area contributed by atoms with Gasteiger partial charge in [0.1, 0.15) is 5.01 Å². The summed E-state index contributed by atoms with van der Waals surface area (Å²) in [6.07, 6.45) is -4.58. The van der Waals surface area contributed by atoms with Crippen molar-refractivity contribution in [3.05, 3.63) is 63.9 Å². The molecule has 1 aromatic heterocycles. The van der Waals surface area contributed by atoms with Gasteiger partial charge in [0.25, 0.3) is 0 Å². The van der Waals surface area contributed by atoms with Crippen LogP contribution in [0.3, 0.4) is 0 Å². The topological polar surface area (TPSA) is 93.4 Å². The van der Waals surface area contributed by atoms with Crippen LogP contribution in [0.4, 0.5) is 13.2 Å². The van der Waals surface area contributed by atoms with Crippen LogP contribution in [0, 0.1) is 0 Å². The SMILES string of the molecule is CCc1nn(Cc2ccc(-c3ccccc3S(=O)(=O)NC(C)(C)C)cc2)c(=NC(=O)C(F)(F)F)s1. The molecular weight excluding hydrogens is 501 g/mol. The van der Waals surface area contributed by atoms with Crippen molar-refractivity contribution in [2.24, 2.45) is 4.99 Å². The molecule has 188 valence electrons. The van der Waals surface area contributed by atoms with Crippen LogP contribution >= 0.6 is 11.3 Å². The molecule has 1 heterocycles. The van der Waals surface area contributed by atoms with Crippen LogP contribution < -0.4 is 9.52 Å². The maximum absolute atomic E-state index is 12.9. The number of hydrogen-bond donors (Lipinski definition) is 1. The molecule has 0 saturated carbocycles. The van der Waals surface area contributed by atoms with Crippen LogP contribution in [0.5, 0.6) is 0 Å². The standard InChI is InChI=1S/C23H25F3N4O3S2/c1-5-19-28-30(21(34-19)27-20(31)23(24,25)26)14-15-10-12-16(13-11-15)17-8-6-7-9-18(17)35(32,33)29-22(2,3)4/h6-13,29H,5,14H2,1-4H3. The molecule has 3 rings (SSSR count). The summed E-state index contributed by atoms with van der Waals surface area (Å²) in [6.45, 7) is 7.15. The lowest BCUT2D eigenvalue weighted by molar-refractivity contribution is -0.169. The van der Waals surface area contributed by atoms with Gasteiger partial charge in [0.15, 0.2) is 0 Å². The second-order valence-electron chi connectivity index (χ2n) is 8.75. The van der Waals surface area contributed by atoms with E-state index in [0.717, 1.165) is 11.3 Å². The van der Waals surface area contributed by atoms with Crippen molar-refractivity contribution in [3.8, 4) is 11.1 Å². The highest BCUT2D eigenvalue weighted by Crippen LogP contribution is 2.28. The zero-order chi connectivity index (χ0) is 26.0. The van der Waals surface area contributed by atoms with Crippen LogP contribution in [-0.2, 0) is 27.8 Å². The second-order valence-corrected chi connectivity index (χ2v) is 11.4. The lowest BCUT2D eigenvalue weighted by atomic mass is 10.0. The van der Waals surface area contributed by atoms with E-state index in [0.29, 0.717) is 28.1 Å². The Balaban J connectivity index is 1.94. The third-order valence-electron chi connectivity index (χ3n) is 4.62. The monoisotopic (exact) mass is 526 g/mol. The first-order valence-electron chi connectivity index (χ1n) is 10.6. The molecule has 0 bridgehead atoms. The number of benzene rings is 2. The number of rotatable bonds is 6. The van der Waals surface area contributed by atoms with Gasteiger partial charge < -0.3 is 0 Å². The first kappa shape index (κ1) is 26.8. The van der Waals surface area contributed by atoms with Crippen molar-refractivity contribution in [3.63, 3.8) is 0 Å². The first-order chi connectivity index (χ1) is 16.2. The van der Waals surface area contributed by atoms with E-state index >= 15 is 0 Å². The summed E-state index contributed by atoms with van der Waals surface area (Å²) in [7, 11) is -3.78. The summed E-state index contributed by atoms with van der Waals surface area (Å²) in [6, 6.07) is 13.5. The molecule has 0 aliphatic heterocycles. The summed E-state index contributed by atoms with van der Waals surface area (Å²) in [5.74, 6) is -2.19. The largest absolute Gasteiger partial charge is 0.473 e. The second kappa shape index (κ2) is 10.0. The normalized spacial score (nSPS) is 13.3. The van der Waals surface area contributed by atoms with E-state index in [9.17, 15) is 26.4 Å². The summed E-state index contributed by atoms with van der Waals surface area (Å²) in [4.78, 5) is 14.6. The number of carbonyl (C=O) groups is 1. The van der Waals surface area contributed by atoms with Crippen molar-refractivity contribution in [2.45, 2.75) is 57.3 Å². The third-order valence-corrected chi connectivity index (χ3v) is 7.53. The summed E-state index contributed by atoms with van der Waals surface area (Å²) in [5.41, 5.74) is 1.19. The molecule has 2 aromatic carbocycles. The molecule has 0 aliphatic rings. The lowest BCUT2D eigenvalue weighted by Crippen LogP contribution is -2.40. The number of carbonyl (C=O) groups excluding carboxylic acids is 1. The molecule has 7 nitrogen and oxygen atoms in total. The van der Waals surface area contributed by atoms with E-state index in [1.165, 1.54) is 10.7 Å². The van der Waals surface area contributed by atoms with Crippen molar-refractivity contribution < 1.29 is 26.4 Å². The molecule has 0 fully saturated rings. The van der Waals surface area contributed by atoms with Gasteiger partial charge in [-0.05, 0) is 44.4 Å². The summed E-state index contributed by atoms with van der Waals surface area (Å²) >= 11 is 0.923. The van der Waals surface area contributed by atoms with Gasteiger partial charge in [-0.1, -0.05) is 60.7 Å². The molecule has 0 aliphatic carbocycles. The van der Waals surface area contributed by atoms with Gasteiger partial charge in [-0.25, -0.2) is 17.8 Å². The van der Waals surface area contributed by atoms with E-state index in [1.807, 2.05) is 0 Å². The van der Waals surface area contributed by atoms with Crippen molar-refractivity contribution in [2.75, 3.05) is 0 Å². The highest BCUT2D eigenvalue weighted by Gasteiger charge is 2.38. The van der Waals surface area contributed by atoms with Crippen LogP contribution in [0.25, 0.3) is 11.1 Å². The molecule has 0 atom stereocenters. The molecule has 1 N–H and O–H groups in total. The maximum Gasteiger partial charge on any atom is 0.473 e. The van der Waals surface area contributed by atoms with Gasteiger partial charge in [0, 0.05) is 11.1 Å². The third kappa shape index (κ3) is 6.86. The molecule has 0 spiro atoms. The van der Waals surface area contributed by atoms with Gasteiger partial charge in [-0.3, -0.25) is 4.79 Å². The minimum atomic E-state index is -5.06. The maximum atomic E-state index is 12.9. The smallest absolute Gasteiger partial charge is 0.262 e. The Morgan fingerprint density at radius 1 is 1.09 bits per heavy atom. The quantitative estimate of drug-likeness (QED) is 0.519. The molecular formula is C23H25F3N4O3S2. The van der Waals surface area contributed by atoms with E-state index in [1.54, 1.807) is 70.2 Å². The van der Waals surface area contributed by atoms with Crippen molar-refractivity contribution in [1.29, 1.82) is 0 Å². The van der Waals surface area contributed by atoms with Crippen LogP contribution in [0.2, 0.25) is 0 Å². The summed E-state index contributed by atoms with van der Waals surface area (Å²) in [5, 5.41) is 4.80. The number of halogens is 3. The van der Waals surface area contributed by atoms with E-state index < -0.39 is 27.6 Å². The molecule has 0 saturated heterocycles. The number of amides is 1. The van der Waals surface area contributed by atoms with Crippen LogP contribution in [0.1, 0.15) is 38.3 Å². The Bertz CT molecular complexity index is 1380. The molecule has 12 heteroatoms. The number of nitrogens with one attached hydrogen (secondary N) is 1. The van der Waals surface area contributed by atoms with Gasteiger partial charge >= 0.3 is 12.1 Å². The van der Waals surface area contributed by atoms with Gasteiger partial charge in [-0.2, -0.15) is 23.3 Å². The molecule has 0 radical (unpaired) electrons. The van der Waals surface area contributed by atoms with Crippen LogP contribution in [0.15, 0.2) is 58.4 Å². The predicted octanol–water partition coefficient (Wildman–Crippen LogP) is 4.29. The molecule has 0 unspecified atom stereocenters. The lowest BCUT2D eigenvalue weighted by Gasteiger charge is -2.21. The number of nitrogens with zero attached hydrogens (tertiary/aromatic N) is 3. The first-order valence-corrected chi connectivity index (χ1v) is 12.9. The molecule has 3 aromatic rings. The van der Waals surface area contributed by atoms with Crippen LogP contribution in [-0.4, -0.2) is 35.8 Å². The number of aromatic nitrogens is 2. The Morgan fingerprint density at radius 2 is 1.71 bits per heavy atom. The zero-order valence-electron chi connectivity index (χ0n) is 19.5. The zero-order valence-corrected chi connectivity index (χ0v) is 21.2. The average molecular weight is 527 g/mol. The minimum absolute atomic E-state index is 0.0896. The number of aryl methyl sites for hydroxylation is 1. The van der Waals surface area contributed by atoms with Gasteiger partial charge in [0.05, 0.1) is 11.4 Å². The minimum Gasteiger partial charge on any atom is -0.262 e. The fourth-order valence-electron chi connectivity index (χ4n) is 3.19. The number of alkyl halides is 3. The highest BCUT2D eigenvalue weighted by atomic mass is 32.2. The molecule has 1 amide bonds. The van der Waals surface area contributed by atoms with Crippen molar-refractivity contribution >= 4 is 27.3 Å². The summed E-state index contributed by atoms with van der Waals surface area (Å²) < 4.78 is 67.8. The average Bonchev–Trinajstić information content (AvgIpc) is 3.13. The van der Waals surface area contributed by atoms with Crippen molar-refractivity contribution in [1.82, 2.24) is 14.5 Å². The Kier molecular flexibility index (Phi) is 7.68. The fourth-order valence-corrected chi connectivity index (χ4v) is 5.68.